The molecule has 0 saturated heterocycles. The number of carbonyl (C=O) groups is 1. The number of benzene rings is 3. The Hall–Kier alpha value is -4.07. The van der Waals surface area contributed by atoms with Crippen molar-refractivity contribution in [2.24, 2.45) is 0 Å². The monoisotopic (exact) mass is 423 g/mol. The van der Waals surface area contributed by atoms with Crippen LogP contribution in [-0.2, 0) is 9.53 Å². The number of nitro benzene ring substituents is 1. The third-order valence-corrected chi connectivity index (χ3v) is 4.09. The molecule has 1 atom stereocenters. The van der Waals surface area contributed by atoms with Crippen LogP contribution in [-0.4, -0.2) is 30.2 Å². The maximum absolute atomic E-state index is 12.1. The summed E-state index contributed by atoms with van der Waals surface area (Å²) in [6.45, 7) is 1.73. The van der Waals surface area contributed by atoms with E-state index in [4.69, 9.17) is 18.9 Å². The van der Waals surface area contributed by atoms with Crippen LogP contribution in [0.15, 0.2) is 78.9 Å². The molecule has 0 aromatic heterocycles. The summed E-state index contributed by atoms with van der Waals surface area (Å²) in [5.41, 5.74) is -0.0237. The second-order valence-electron chi connectivity index (χ2n) is 6.41. The number of esters is 1. The highest BCUT2D eigenvalue weighted by Crippen LogP contribution is 2.24. The topological polar surface area (TPSA) is 97.1 Å². The highest BCUT2D eigenvalue weighted by molar-refractivity contribution is 5.74. The first-order chi connectivity index (χ1) is 15.0. The quantitative estimate of drug-likeness (QED) is 0.200. The highest BCUT2D eigenvalue weighted by Gasteiger charge is 2.16. The van der Waals surface area contributed by atoms with Crippen molar-refractivity contribution in [3.63, 3.8) is 0 Å². The van der Waals surface area contributed by atoms with Gasteiger partial charge in [-0.2, -0.15) is 0 Å². The SMILES string of the molecule is CC(Oc1ccc(Oc2ccccc2)cc1)C(=O)OCCOc1ccc([N+](=O)[O-])cc1. The number of rotatable bonds is 10. The van der Waals surface area contributed by atoms with Gasteiger partial charge < -0.3 is 18.9 Å². The van der Waals surface area contributed by atoms with E-state index in [2.05, 4.69) is 0 Å². The van der Waals surface area contributed by atoms with E-state index in [-0.39, 0.29) is 18.9 Å². The first-order valence-corrected chi connectivity index (χ1v) is 9.55. The summed E-state index contributed by atoms with van der Waals surface area (Å²) >= 11 is 0. The van der Waals surface area contributed by atoms with Crippen molar-refractivity contribution in [2.75, 3.05) is 13.2 Å². The molecule has 0 heterocycles. The molecule has 31 heavy (non-hydrogen) atoms. The lowest BCUT2D eigenvalue weighted by Crippen LogP contribution is -2.27. The van der Waals surface area contributed by atoms with Crippen LogP contribution in [0.1, 0.15) is 6.92 Å². The zero-order valence-corrected chi connectivity index (χ0v) is 16.8. The minimum atomic E-state index is -0.805. The van der Waals surface area contributed by atoms with E-state index >= 15 is 0 Å². The Kier molecular flexibility index (Phi) is 7.42. The molecule has 0 saturated carbocycles. The van der Waals surface area contributed by atoms with Gasteiger partial charge in [-0.05, 0) is 55.5 Å². The van der Waals surface area contributed by atoms with Crippen molar-refractivity contribution < 1.29 is 28.7 Å². The van der Waals surface area contributed by atoms with Gasteiger partial charge in [0.05, 0.1) is 4.92 Å². The lowest BCUT2D eigenvalue weighted by atomic mass is 10.3. The van der Waals surface area contributed by atoms with E-state index in [0.717, 1.165) is 5.75 Å². The van der Waals surface area contributed by atoms with Crippen molar-refractivity contribution in [3.8, 4) is 23.0 Å². The summed E-state index contributed by atoms with van der Waals surface area (Å²) in [7, 11) is 0. The second-order valence-corrected chi connectivity index (χ2v) is 6.41. The molecular weight excluding hydrogens is 402 g/mol. The minimum absolute atomic E-state index is 0.0212. The lowest BCUT2D eigenvalue weighted by molar-refractivity contribution is -0.384. The van der Waals surface area contributed by atoms with E-state index in [1.54, 1.807) is 31.2 Å². The summed E-state index contributed by atoms with van der Waals surface area (Å²) in [6.07, 6.45) is -0.805. The van der Waals surface area contributed by atoms with Crippen molar-refractivity contribution in [3.05, 3.63) is 89.0 Å². The average molecular weight is 423 g/mol. The standard InChI is InChI=1S/C23H21NO7/c1-17(23(25)29-16-15-28-19-9-7-18(8-10-19)24(26)27)30-21-11-13-22(14-12-21)31-20-5-3-2-4-6-20/h2-14,17H,15-16H2,1H3. The molecule has 0 N–H and O–H groups in total. The summed E-state index contributed by atoms with van der Waals surface area (Å²) in [4.78, 5) is 22.2. The Morgan fingerprint density at radius 2 is 1.42 bits per heavy atom. The molecule has 160 valence electrons. The first-order valence-electron chi connectivity index (χ1n) is 9.55. The van der Waals surface area contributed by atoms with Gasteiger partial charge in [0, 0.05) is 12.1 Å². The number of non-ortho nitro benzene ring substituents is 1. The fourth-order valence-corrected chi connectivity index (χ4v) is 2.55. The number of nitrogens with zero attached hydrogens (tertiary/aromatic N) is 1. The molecule has 0 spiro atoms. The molecule has 0 amide bonds. The zero-order valence-electron chi connectivity index (χ0n) is 16.8. The molecular formula is C23H21NO7. The normalized spacial score (nSPS) is 11.3. The van der Waals surface area contributed by atoms with Crippen LogP contribution in [0.2, 0.25) is 0 Å². The third kappa shape index (κ3) is 6.74. The molecule has 0 aliphatic rings. The van der Waals surface area contributed by atoms with Gasteiger partial charge in [0.15, 0.2) is 6.10 Å². The molecule has 3 aromatic carbocycles. The van der Waals surface area contributed by atoms with Gasteiger partial charge in [-0.15, -0.1) is 0 Å². The smallest absolute Gasteiger partial charge is 0.347 e. The summed E-state index contributed by atoms with van der Waals surface area (Å²) in [5.74, 6) is 1.80. The van der Waals surface area contributed by atoms with Crippen LogP contribution < -0.4 is 14.2 Å². The molecule has 3 rings (SSSR count). The van der Waals surface area contributed by atoms with Crippen LogP contribution in [0.25, 0.3) is 0 Å². The summed E-state index contributed by atoms with van der Waals surface area (Å²) in [6, 6.07) is 22.0. The molecule has 0 bridgehead atoms. The molecule has 8 heteroatoms. The summed E-state index contributed by atoms with van der Waals surface area (Å²) < 4.78 is 21.8. The van der Waals surface area contributed by atoms with E-state index in [1.165, 1.54) is 24.3 Å². The first kappa shape index (κ1) is 21.6. The number of hydrogen-bond donors (Lipinski definition) is 0. The number of para-hydroxylation sites is 1. The molecule has 0 aliphatic heterocycles. The minimum Gasteiger partial charge on any atom is -0.490 e. The van der Waals surface area contributed by atoms with Gasteiger partial charge in [0.2, 0.25) is 0 Å². The number of ether oxygens (including phenoxy) is 4. The van der Waals surface area contributed by atoms with Gasteiger partial charge >= 0.3 is 5.97 Å². The predicted octanol–water partition coefficient (Wildman–Crippen LogP) is 4.78. The van der Waals surface area contributed by atoms with Crippen LogP contribution >= 0.6 is 0 Å². The number of nitro groups is 1. The third-order valence-electron chi connectivity index (χ3n) is 4.09. The molecule has 8 nitrogen and oxygen atoms in total. The number of carbonyl (C=O) groups excluding carboxylic acids is 1. The maximum Gasteiger partial charge on any atom is 0.347 e. The van der Waals surface area contributed by atoms with Crippen LogP contribution in [0.3, 0.4) is 0 Å². The van der Waals surface area contributed by atoms with Gasteiger partial charge in [-0.1, -0.05) is 18.2 Å². The number of hydrogen-bond acceptors (Lipinski definition) is 7. The largest absolute Gasteiger partial charge is 0.490 e. The lowest BCUT2D eigenvalue weighted by Gasteiger charge is -2.14. The Morgan fingerprint density at radius 1 is 0.839 bits per heavy atom. The van der Waals surface area contributed by atoms with Crippen LogP contribution in [0.5, 0.6) is 23.0 Å². The van der Waals surface area contributed by atoms with Crippen molar-refractivity contribution in [2.45, 2.75) is 13.0 Å². The Balaban J connectivity index is 1.39. The highest BCUT2D eigenvalue weighted by atomic mass is 16.6. The molecule has 0 aliphatic carbocycles. The predicted molar refractivity (Wildman–Crippen MR) is 113 cm³/mol. The molecule has 0 radical (unpaired) electrons. The average Bonchev–Trinajstić information content (AvgIpc) is 2.79. The maximum atomic E-state index is 12.1. The van der Waals surface area contributed by atoms with Crippen molar-refractivity contribution in [1.82, 2.24) is 0 Å². The van der Waals surface area contributed by atoms with E-state index in [9.17, 15) is 14.9 Å². The van der Waals surface area contributed by atoms with Gasteiger partial charge in [0.1, 0.15) is 36.2 Å². The van der Waals surface area contributed by atoms with Crippen LogP contribution in [0, 0.1) is 10.1 Å². The van der Waals surface area contributed by atoms with E-state index in [0.29, 0.717) is 17.2 Å². The van der Waals surface area contributed by atoms with E-state index in [1.807, 2.05) is 30.3 Å². The second kappa shape index (κ2) is 10.6. The van der Waals surface area contributed by atoms with Gasteiger partial charge in [0.25, 0.3) is 5.69 Å². The fourth-order valence-electron chi connectivity index (χ4n) is 2.55. The Labute approximate surface area is 179 Å². The Morgan fingerprint density at radius 3 is 2.06 bits per heavy atom. The van der Waals surface area contributed by atoms with E-state index < -0.39 is 17.0 Å². The van der Waals surface area contributed by atoms with Gasteiger partial charge in [-0.25, -0.2) is 4.79 Å². The molecule has 0 fully saturated rings. The summed E-state index contributed by atoms with van der Waals surface area (Å²) in [5, 5.41) is 10.6. The Bertz CT molecular complexity index is 989. The van der Waals surface area contributed by atoms with Crippen molar-refractivity contribution in [1.29, 1.82) is 0 Å². The van der Waals surface area contributed by atoms with Gasteiger partial charge in [-0.3, -0.25) is 10.1 Å². The molecule has 1 unspecified atom stereocenters. The molecule has 3 aromatic rings. The fraction of sp³-hybridized carbons (Fsp3) is 0.174. The van der Waals surface area contributed by atoms with Crippen LogP contribution in [0.4, 0.5) is 5.69 Å². The zero-order chi connectivity index (χ0) is 22.1. The van der Waals surface area contributed by atoms with Crippen molar-refractivity contribution >= 4 is 11.7 Å².